The van der Waals surface area contributed by atoms with Crippen molar-refractivity contribution in [2.45, 2.75) is 19.8 Å². The Kier molecular flexibility index (Phi) is 6.41. The molecule has 2 heterocycles. The highest BCUT2D eigenvalue weighted by molar-refractivity contribution is 5.83. The van der Waals surface area contributed by atoms with E-state index in [1.54, 1.807) is 0 Å². The predicted molar refractivity (Wildman–Crippen MR) is 81.1 cm³/mol. The van der Waals surface area contributed by atoms with E-state index in [0.717, 1.165) is 58.8 Å². The number of piperazine rings is 1. The van der Waals surface area contributed by atoms with Gasteiger partial charge in [0, 0.05) is 59.1 Å². The van der Waals surface area contributed by atoms with Crippen LogP contribution >= 0.6 is 0 Å². The van der Waals surface area contributed by atoms with E-state index in [9.17, 15) is 4.79 Å². The zero-order valence-corrected chi connectivity index (χ0v) is 13.2. The first-order chi connectivity index (χ1) is 10.2. The standard InChI is InChI=1S/C15H29N3O3/c1-2-20-12-9-17-5-7-18(8-6-17)14(19)15(13-16)3-10-21-11-4-15/h2-13,16H2,1H3. The summed E-state index contributed by atoms with van der Waals surface area (Å²) >= 11 is 0. The van der Waals surface area contributed by atoms with Crippen LogP contribution in [0.2, 0.25) is 0 Å². The zero-order chi connectivity index (χ0) is 15.1. The van der Waals surface area contributed by atoms with Gasteiger partial charge in [-0.1, -0.05) is 0 Å². The Balaban J connectivity index is 1.82. The molecule has 0 aromatic carbocycles. The molecule has 0 aromatic heterocycles. The summed E-state index contributed by atoms with van der Waals surface area (Å²) in [7, 11) is 0. The van der Waals surface area contributed by atoms with Crippen molar-refractivity contribution in [3.63, 3.8) is 0 Å². The van der Waals surface area contributed by atoms with Crippen LogP contribution in [0.3, 0.4) is 0 Å². The Morgan fingerprint density at radius 3 is 2.48 bits per heavy atom. The number of nitrogens with two attached hydrogens (primary N) is 1. The number of hydrogen-bond donors (Lipinski definition) is 1. The van der Waals surface area contributed by atoms with Gasteiger partial charge in [-0.15, -0.1) is 0 Å². The van der Waals surface area contributed by atoms with Crippen LogP contribution in [0.15, 0.2) is 0 Å². The number of carbonyl (C=O) groups is 1. The van der Waals surface area contributed by atoms with Gasteiger partial charge < -0.3 is 20.1 Å². The normalized spacial score (nSPS) is 23.2. The highest BCUT2D eigenvalue weighted by Crippen LogP contribution is 2.32. The van der Waals surface area contributed by atoms with E-state index < -0.39 is 0 Å². The van der Waals surface area contributed by atoms with Crippen LogP contribution in [0, 0.1) is 5.41 Å². The summed E-state index contributed by atoms with van der Waals surface area (Å²) in [4.78, 5) is 17.2. The molecule has 0 aliphatic carbocycles. The Labute approximate surface area is 127 Å². The molecule has 2 saturated heterocycles. The van der Waals surface area contributed by atoms with E-state index >= 15 is 0 Å². The minimum atomic E-state index is -0.383. The van der Waals surface area contributed by atoms with Crippen molar-refractivity contribution >= 4 is 5.91 Å². The number of ether oxygens (including phenoxy) is 2. The Hall–Kier alpha value is -0.690. The molecule has 0 unspecified atom stereocenters. The third-order valence-electron chi connectivity index (χ3n) is 4.71. The molecular weight excluding hydrogens is 270 g/mol. The Morgan fingerprint density at radius 1 is 1.24 bits per heavy atom. The molecule has 6 heteroatoms. The predicted octanol–water partition coefficient (Wildman–Crippen LogP) is -0.0774. The average molecular weight is 299 g/mol. The molecule has 0 bridgehead atoms. The fourth-order valence-corrected chi connectivity index (χ4v) is 3.12. The van der Waals surface area contributed by atoms with Crippen LogP contribution in [0.5, 0.6) is 0 Å². The van der Waals surface area contributed by atoms with Gasteiger partial charge in [0.05, 0.1) is 12.0 Å². The highest BCUT2D eigenvalue weighted by atomic mass is 16.5. The molecule has 2 fully saturated rings. The number of hydrogen-bond acceptors (Lipinski definition) is 5. The summed E-state index contributed by atoms with van der Waals surface area (Å²) in [6, 6.07) is 0. The number of rotatable bonds is 6. The van der Waals surface area contributed by atoms with Gasteiger partial charge >= 0.3 is 0 Å². The van der Waals surface area contributed by atoms with Gasteiger partial charge in [0.1, 0.15) is 0 Å². The smallest absolute Gasteiger partial charge is 0.230 e. The maximum atomic E-state index is 12.8. The van der Waals surface area contributed by atoms with Crippen LogP contribution in [-0.4, -0.2) is 81.4 Å². The molecule has 21 heavy (non-hydrogen) atoms. The Morgan fingerprint density at radius 2 is 1.90 bits per heavy atom. The van der Waals surface area contributed by atoms with E-state index in [1.165, 1.54) is 0 Å². The van der Waals surface area contributed by atoms with E-state index in [0.29, 0.717) is 19.8 Å². The van der Waals surface area contributed by atoms with Crippen molar-refractivity contribution in [2.75, 3.05) is 65.7 Å². The lowest BCUT2D eigenvalue weighted by molar-refractivity contribution is -0.149. The van der Waals surface area contributed by atoms with E-state index in [2.05, 4.69) is 4.90 Å². The SMILES string of the molecule is CCOCCN1CCN(C(=O)C2(CN)CCOCC2)CC1. The molecule has 2 aliphatic rings. The lowest BCUT2D eigenvalue weighted by atomic mass is 9.78. The van der Waals surface area contributed by atoms with Crippen LogP contribution in [-0.2, 0) is 14.3 Å². The van der Waals surface area contributed by atoms with Crippen molar-refractivity contribution in [1.29, 1.82) is 0 Å². The second-order valence-electron chi connectivity index (χ2n) is 5.93. The first-order valence-electron chi connectivity index (χ1n) is 8.09. The maximum Gasteiger partial charge on any atom is 0.230 e. The molecule has 122 valence electrons. The van der Waals surface area contributed by atoms with Crippen molar-refractivity contribution < 1.29 is 14.3 Å². The molecule has 0 aromatic rings. The molecule has 0 saturated carbocycles. The number of nitrogens with zero attached hydrogens (tertiary/aromatic N) is 2. The number of amides is 1. The molecule has 2 N–H and O–H groups in total. The topological polar surface area (TPSA) is 68.0 Å². The summed E-state index contributed by atoms with van der Waals surface area (Å²) in [6.07, 6.45) is 1.51. The largest absolute Gasteiger partial charge is 0.381 e. The van der Waals surface area contributed by atoms with E-state index in [4.69, 9.17) is 15.2 Å². The van der Waals surface area contributed by atoms with Gasteiger partial charge in [0.2, 0.25) is 5.91 Å². The van der Waals surface area contributed by atoms with Gasteiger partial charge in [-0.05, 0) is 19.8 Å². The van der Waals surface area contributed by atoms with Crippen LogP contribution < -0.4 is 5.73 Å². The minimum absolute atomic E-state index is 0.234. The summed E-state index contributed by atoms with van der Waals surface area (Å²) in [5.41, 5.74) is 5.54. The molecule has 0 spiro atoms. The fourth-order valence-electron chi connectivity index (χ4n) is 3.12. The quantitative estimate of drug-likeness (QED) is 0.695. The molecule has 2 aliphatic heterocycles. The van der Waals surface area contributed by atoms with E-state index in [1.807, 2.05) is 11.8 Å². The summed E-state index contributed by atoms with van der Waals surface area (Å²) < 4.78 is 10.8. The summed E-state index contributed by atoms with van der Waals surface area (Å²) in [5, 5.41) is 0. The zero-order valence-electron chi connectivity index (χ0n) is 13.2. The lowest BCUT2D eigenvalue weighted by Gasteiger charge is -2.42. The second-order valence-corrected chi connectivity index (χ2v) is 5.93. The third kappa shape index (κ3) is 4.16. The van der Waals surface area contributed by atoms with Gasteiger partial charge in [-0.25, -0.2) is 0 Å². The molecule has 1 amide bonds. The van der Waals surface area contributed by atoms with Crippen LogP contribution in [0.4, 0.5) is 0 Å². The van der Waals surface area contributed by atoms with Crippen molar-refractivity contribution in [2.24, 2.45) is 11.1 Å². The average Bonchev–Trinajstić information content (AvgIpc) is 2.56. The molecule has 0 atom stereocenters. The second kappa shape index (κ2) is 8.08. The first-order valence-corrected chi connectivity index (χ1v) is 8.09. The van der Waals surface area contributed by atoms with Gasteiger partial charge in [-0.2, -0.15) is 0 Å². The van der Waals surface area contributed by atoms with E-state index in [-0.39, 0.29) is 11.3 Å². The number of carbonyl (C=O) groups excluding carboxylic acids is 1. The third-order valence-corrected chi connectivity index (χ3v) is 4.71. The van der Waals surface area contributed by atoms with Gasteiger partial charge in [-0.3, -0.25) is 9.69 Å². The first kappa shape index (κ1) is 16.7. The Bertz CT molecular complexity index is 324. The van der Waals surface area contributed by atoms with Crippen molar-refractivity contribution in [3.05, 3.63) is 0 Å². The molecule has 6 nitrogen and oxygen atoms in total. The minimum Gasteiger partial charge on any atom is -0.381 e. The summed E-state index contributed by atoms with van der Waals surface area (Å²) in [5.74, 6) is 0.234. The van der Waals surface area contributed by atoms with Crippen molar-refractivity contribution in [1.82, 2.24) is 9.80 Å². The lowest BCUT2D eigenvalue weighted by Crippen LogP contribution is -2.56. The summed E-state index contributed by atoms with van der Waals surface area (Å²) in [6.45, 7) is 9.68. The molecular formula is C15H29N3O3. The molecule has 2 rings (SSSR count). The van der Waals surface area contributed by atoms with Gasteiger partial charge in [0.25, 0.3) is 0 Å². The van der Waals surface area contributed by atoms with Gasteiger partial charge in [0.15, 0.2) is 0 Å². The van der Waals surface area contributed by atoms with Crippen LogP contribution in [0.1, 0.15) is 19.8 Å². The van der Waals surface area contributed by atoms with Crippen LogP contribution in [0.25, 0.3) is 0 Å². The highest BCUT2D eigenvalue weighted by Gasteiger charge is 2.41. The van der Waals surface area contributed by atoms with Crippen molar-refractivity contribution in [3.8, 4) is 0 Å². The monoisotopic (exact) mass is 299 g/mol. The maximum absolute atomic E-state index is 12.8. The fraction of sp³-hybridized carbons (Fsp3) is 0.933. The molecule has 0 radical (unpaired) electrons.